The van der Waals surface area contributed by atoms with Crippen molar-refractivity contribution in [2.75, 3.05) is 6.61 Å². The molecule has 104 valence electrons. The highest BCUT2D eigenvalue weighted by Crippen LogP contribution is 2.31. The molecule has 1 saturated heterocycles. The molecule has 6 nitrogen and oxygen atoms in total. The predicted octanol–water partition coefficient (Wildman–Crippen LogP) is 2.33. The van der Waals surface area contributed by atoms with E-state index in [9.17, 15) is 9.90 Å². The van der Waals surface area contributed by atoms with Crippen LogP contribution in [-0.4, -0.2) is 34.0 Å². The lowest BCUT2D eigenvalue weighted by Gasteiger charge is -2.01. The summed E-state index contributed by atoms with van der Waals surface area (Å²) < 4.78 is 11.1. The normalized spacial score (nSPS) is 22.1. The van der Waals surface area contributed by atoms with E-state index in [-0.39, 0.29) is 23.5 Å². The van der Waals surface area contributed by atoms with Gasteiger partial charge in [-0.15, -0.1) is 10.2 Å². The standard InChI is InChI=1S/C14H14N2O4/c1-8-6-9(7-19-8)12-15-16-13(20-12)10-4-2-3-5-11(10)14(17)18/h2-5,8-9H,6-7H2,1H3,(H,17,18). The highest BCUT2D eigenvalue weighted by molar-refractivity contribution is 5.94. The summed E-state index contributed by atoms with van der Waals surface area (Å²) in [6.45, 7) is 2.56. The lowest BCUT2D eigenvalue weighted by Crippen LogP contribution is -1.99. The van der Waals surface area contributed by atoms with Crippen LogP contribution in [0.3, 0.4) is 0 Å². The van der Waals surface area contributed by atoms with E-state index in [1.54, 1.807) is 18.2 Å². The fourth-order valence-corrected chi connectivity index (χ4v) is 2.35. The van der Waals surface area contributed by atoms with E-state index in [2.05, 4.69) is 10.2 Å². The zero-order chi connectivity index (χ0) is 14.1. The molecule has 20 heavy (non-hydrogen) atoms. The van der Waals surface area contributed by atoms with Gasteiger partial charge in [-0.25, -0.2) is 4.79 Å². The third-order valence-electron chi connectivity index (χ3n) is 3.38. The Morgan fingerprint density at radius 3 is 2.85 bits per heavy atom. The second-order valence-electron chi connectivity index (χ2n) is 4.87. The van der Waals surface area contributed by atoms with Crippen LogP contribution in [0.4, 0.5) is 0 Å². The average molecular weight is 274 g/mol. The van der Waals surface area contributed by atoms with Gasteiger partial charge in [0.1, 0.15) is 0 Å². The minimum atomic E-state index is -1.02. The number of carbonyl (C=O) groups is 1. The number of aromatic nitrogens is 2. The van der Waals surface area contributed by atoms with Crippen LogP contribution in [0.2, 0.25) is 0 Å². The van der Waals surface area contributed by atoms with Crippen molar-refractivity contribution in [1.29, 1.82) is 0 Å². The van der Waals surface area contributed by atoms with Crippen LogP contribution in [0.1, 0.15) is 35.5 Å². The SMILES string of the molecule is CC1CC(c2nnc(-c3ccccc3C(=O)O)o2)CO1. The van der Waals surface area contributed by atoms with Crippen molar-refractivity contribution in [3.63, 3.8) is 0 Å². The van der Waals surface area contributed by atoms with E-state index in [0.29, 0.717) is 18.1 Å². The van der Waals surface area contributed by atoms with Gasteiger partial charge < -0.3 is 14.3 Å². The molecule has 0 amide bonds. The summed E-state index contributed by atoms with van der Waals surface area (Å²) >= 11 is 0. The van der Waals surface area contributed by atoms with Crippen LogP contribution in [0.15, 0.2) is 28.7 Å². The number of aromatic carboxylic acids is 1. The summed E-state index contributed by atoms with van der Waals surface area (Å²) in [7, 11) is 0. The van der Waals surface area contributed by atoms with Crippen LogP contribution in [0, 0.1) is 0 Å². The Hall–Kier alpha value is -2.21. The number of carboxylic acids is 1. The zero-order valence-electron chi connectivity index (χ0n) is 10.9. The van der Waals surface area contributed by atoms with Gasteiger partial charge in [-0.3, -0.25) is 0 Å². The minimum Gasteiger partial charge on any atom is -0.478 e. The summed E-state index contributed by atoms with van der Waals surface area (Å²) in [4.78, 5) is 11.2. The van der Waals surface area contributed by atoms with Gasteiger partial charge in [-0.2, -0.15) is 0 Å². The molecule has 2 atom stereocenters. The van der Waals surface area contributed by atoms with Crippen LogP contribution in [0.25, 0.3) is 11.5 Å². The van der Waals surface area contributed by atoms with Gasteiger partial charge >= 0.3 is 5.97 Å². The number of carboxylic acid groups (broad SMARTS) is 1. The highest BCUT2D eigenvalue weighted by Gasteiger charge is 2.28. The molecule has 0 bridgehead atoms. The van der Waals surface area contributed by atoms with Gasteiger partial charge in [0.25, 0.3) is 0 Å². The van der Waals surface area contributed by atoms with E-state index >= 15 is 0 Å². The predicted molar refractivity (Wildman–Crippen MR) is 69.5 cm³/mol. The molecule has 2 unspecified atom stereocenters. The van der Waals surface area contributed by atoms with Gasteiger partial charge in [0.15, 0.2) is 0 Å². The van der Waals surface area contributed by atoms with E-state index in [0.717, 1.165) is 6.42 Å². The Bertz CT molecular complexity index is 638. The fraction of sp³-hybridized carbons (Fsp3) is 0.357. The van der Waals surface area contributed by atoms with Crippen LogP contribution in [-0.2, 0) is 4.74 Å². The first-order valence-electron chi connectivity index (χ1n) is 6.43. The maximum atomic E-state index is 11.2. The number of rotatable bonds is 3. The Labute approximate surface area is 115 Å². The van der Waals surface area contributed by atoms with Crippen LogP contribution >= 0.6 is 0 Å². The summed E-state index contributed by atoms with van der Waals surface area (Å²) in [6.07, 6.45) is 1.02. The van der Waals surface area contributed by atoms with Gasteiger partial charge in [-0.1, -0.05) is 12.1 Å². The van der Waals surface area contributed by atoms with Gasteiger partial charge in [0.05, 0.1) is 29.8 Å². The quantitative estimate of drug-likeness (QED) is 0.924. The second kappa shape index (κ2) is 5.05. The van der Waals surface area contributed by atoms with E-state index in [1.807, 2.05) is 6.92 Å². The number of benzene rings is 1. The number of ether oxygens (including phenoxy) is 1. The van der Waals surface area contributed by atoms with Crippen LogP contribution < -0.4 is 0 Å². The lowest BCUT2D eigenvalue weighted by molar-refractivity contribution is 0.0697. The third-order valence-corrected chi connectivity index (χ3v) is 3.38. The van der Waals surface area contributed by atoms with Crippen molar-refractivity contribution in [2.45, 2.75) is 25.4 Å². The Balaban J connectivity index is 1.92. The molecule has 1 N–H and O–H groups in total. The highest BCUT2D eigenvalue weighted by atomic mass is 16.5. The summed E-state index contributed by atoms with van der Waals surface area (Å²) in [5.41, 5.74) is 0.587. The first-order chi connectivity index (χ1) is 9.65. The summed E-state index contributed by atoms with van der Waals surface area (Å²) in [5, 5.41) is 17.2. The lowest BCUT2D eigenvalue weighted by atomic mass is 10.1. The van der Waals surface area contributed by atoms with Gasteiger partial charge in [0.2, 0.25) is 11.8 Å². The Morgan fingerprint density at radius 2 is 2.15 bits per heavy atom. The van der Waals surface area contributed by atoms with Crippen LogP contribution in [0.5, 0.6) is 0 Å². The van der Waals surface area contributed by atoms with E-state index in [1.165, 1.54) is 6.07 Å². The molecule has 1 aromatic carbocycles. The third kappa shape index (κ3) is 2.30. The molecule has 1 fully saturated rings. The fourth-order valence-electron chi connectivity index (χ4n) is 2.35. The summed E-state index contributed by atoms with van der Waals surface area (Å²) in [5.74, 6) is -0.191. The molecule has 1 aromatic heterocycles. The maximum absolute atomic E-state index is 11.2. The molecule has 3 rings (SSSR count). The monoisotopic (exact) mass is 274 g/mol. The van der Waals surface area contributed by atoms with E-state index in [4.69, 9.17) is 9.15 Å². The Morgan fingerprint density at radius 1 is 1.35 bits per heavy atom. The molecule has 0 spiro atoms. The van der Waals surface area contributed by atoms with E-state index < -0.39 is 5.97 Å². The molecular formula is C14H14N2O4. The first kappa shape index (κ1) is 12.8. The molecule has 2 aromatic rings. The minimum absolute atomic E-state index is 0.0863. The Kier molecular flexibility index (Phi) is 3.23. The summed E-state index contributed by atoms with van der Waals surface area (Å²) in [6, 6.07) is 6.58. The topological polar surface area (TPSA) is 85.5 Å². The zero-order valence-corrected chi connectivity index (χ0v) is 10.9. The van der Waals surface area contributed by atoms with Crippen molar-refractivity contribution in [1.82, 2.24) is 10.2 Å². The molecule has 2 heterocycles. The first-order valence-corrected chi connectivity index (χ1v) is 6.43. The van der Waals surface area contributed by atoms with Crippen molar-refractivity contribution < 1.29 is 19.1 Å². The molecule has 0 saturated carbocycles. The smallest absolute Gasteiger partial charge is 0.336 e. The molecular weight excluding hydrogens is 260 g/mol. The number of nitrogens with zero attached hydrogens (tertiary/aromatic N) is 2. The largest absolute Gasteiger partial charge is 0.478 e. The average Bonchev–Trinajstić information content (AvgIpc) is 3.07. The van der Waals surface area contributed by atoms with Gasteiger partial charge in [-0.05, 0) is 25.5 Å². The molecule has 0 radical (unpaired) electrons. The molecule has 1 aliphatic rings. The second-order valence-corrected chi connectivity index (χ2v) is 4.87. The number of hydrogen-bond donors (Lipinski definition) is 1. The van der Waals surface area contributed by atoms with Gasteiger partial charge in [0, 0.05) is 0 Å². The van der Waals surface area contributed by atoms with Crippen molar-refractivity contribution in [3.8, 4) is 11.5 Å². The van der Waals surface area contributed by atoms with Crippen molar-refractivity contribution in [3.05, 3.63) is 35.7 Å². The maximum Gasteiger partial charge on any atom is 0.336 e. The van der Waals surface area contributed by atoms with Crippen molar-refractivity contribution >= 4 is 5.97 Å². The molecule has 0 aliphatic carbocycles. The molecule has 6 heteroatoms. The number of hydrogen-bond acceptors (Lipinski definition) is 5. The van der Waals surface area contributed by atoms with Crippen molar-refractivity contribution in [2.24, 2.45) is 0 Å². The molecule has 1 aliphatic heterocycles.